The van der Waals surface area contributed by atoms with Gasteiger partial charge >= 0.3 is 0 Å². The van der Waals surface area contributed by atoms with Crippen LogP contribution in [0.1, 0.15) is 68.6 Å². The monoisotopic (exact) mass is 2490 g/mol. The van der Waals surface area contributed by atoms with Crippen molar-refractivity contribution >= 4 is 13.3 Å². The molecule has 0 saturated carbocycles. The van der Waals surface area contributed by atoms with Gasteiger partial charge in [-0.1, -0.05) is 273 Å². The van der Waals surface area contributed by atoms with Gasteiger partial charge in [0.2, 0.25) is 0 Å². The van der Waals surface area contributed by atoms with E-state index in [4.69, 9.17) is 5.26 Å². The molecular weight excluding hydrogens is 2400 g/mol. The second-order valence-corrected chi connectivity index (χ2v) is 33.8. The first-order valence-electron chi connectivity index (χ1n) is 37.3. The molecule has 0 bridgehead atoms. The molecule has 0 aliphatic carbocycles. The fourth-order valence-corrected chi connectivity index (χ4v) is 15.2. The summed E-state index contributed by atoms with van der Waals surface area (Å²) >= 11 is 0. The van der Waals surface area contributed by atoms with Crippen LogP contribution in [0.5, 0.6) is 0 Å². The molecular formula is C97H88FIr5N16Si-5. The van der Waals surface area contributed by atoms with Crippen LogP contribution in [0.25, 0.3) is 107 Å². The van der Waals surface area contributed by atoms with Crippen LogP contribution in [0.2, 0.25) is 19.6 Å². The molecule has 120 heavy (non-hydrogen) atoms. The summed E-state index contributed by atoms with van der Waals surface area (Å²) in [6.07, 6.45) is 12.8. The first-order valence-corrected chi connectivity index (χ1v) is 40.8. The van der Waals surface area contributed by atoms with E-state index in [-0.39, 0.29) is 114 Å². The molecule has 0 fully saturated rings. The van der Waals surface area contributed by atoms with Crippen molar-refractivity contribution in [1.29, 1.82) is 5.26 Å². The Kier molecular flexibility index (Phi) is 35.7. The van der Waals surface area contributed by atoms with Gasteiger partial charge in [-0.15, -0.1) is 45.6 Å². The summed E-state index contributed by atoms with van der Waals surface area (Å²) in [5.74, 6) is 1.22. The Morgan fingerprint density at radius 2 is 0.717 bits per heavy atom. The Bertz CT molecular complexity index is 6120. The molecule has 0 amide bonds. The van der Waals surface area contributed by atoms with Crippen LogP contribution in [0, 0.1) is 117 Å². The van der Waals surface area contributed by atoms with Crippen LogP contribution < -0.4 is 5.19 Å². The number of aryl methyl sites for hydroxylation is 10. The predicted octanol–water partition coefficient (Wildman–Crippen LogP) is 21.3. The molecule has 23 heteroatoms. The van der Waals surface area contributed by atoms with Crippen molar-refractivity contribution < 1.29 is 105 Å². The molecule has 12 aromatic carbocycles. The topological polar surface area (TPSA) is 177 Å². The van der Waals surface area contributed by atoms with Crippen LogP contribution in [0.3, 0.4) is 0 Å². The summed E-state index contributed by atoms with van der Waals surface area (Å²) < 4.78 is 22.4. The largest absolute Gasteiger partial charge is 0.284 e. The second kappa shape index (κ2) is 44.5. The van der Waals surface area contributed by atoms with Crippen molar-refractivity contribution in [3.8, 4) is 113 Å². The maximum atomic E-state index is 13.7. The summed E-state index contributed by atoms with van der Waals surface area (Å²) in [4.78, 5) is 21.0. The summed E-state index contributed by atoms with van der Waals surface area (Å²) in [5, 5.41) is 32.3. The maximum Gasteiger partial charge on any atom is 0.181 e. The minimum absolute atomic E-state index is 0. The third kappa shape index (κ3) is 22.4. The van der Waals surface area contributed by atoms with Gasteiger partial charge in [0, 0.05) is 132 Å². The molecule has 617 valence electrons. The van der Waals surface area contributed by atoms with Gasteiger partial charge in [0.05, 0.1) is 0 Å². The number of aromatic nitrogens is 15. The number of hydrogen-bond acceptors (Lipinski definition) is 11. The van der Waals surface area contributed by atoms with Gasteiger partial charge in [-0.2, -0.15) is 111 Å². The summed E-state index contributed by atoms with van der Waals surface area (Å²) in [7, 11) is -1.42. The number of benzene rings is 12. The standard InChI is InChI=1S/2C22H18N3.C19H22N3Si.C17H13N4.C16H13FN3.CH4.5Ir/c1-16-9-8-10-17(2)21(16)19-13-6-7-14-20(19)25-15-23-22(24-25)18-11-4-3-5-12-18;1-16-9-8-10-17(2)21(16)19-13-6-7-14-20(19)25-22(23-15-24-25)18-11-4-3-5-12-18;1-14-7-6-8-15(2)19(14)17-11-16(23(3,4)5)9-10-18(17)22-13-20-12-21-22;1-12-4-3-5-13(2)17(12)15-8-14(9-18)6-7-16(15)21-11-19-10-20-21;1-11-4-3-5-12(2)16(11)14-8-13(17)6-7-15(14)20-10-18-9-19-20;;;;;;/h2*3-13,15H,1-2H3;6-9,11-13H,1-5H3;3-6,8,10-11H,1-2H3;3-6,8-10H,1-2H3;1H4;;;;;/q5*-1;;;;;;. The number of rotatable bonds is 13. The Labute approximate surface area is 771 Å². The third-order valence-electron chi connectivity index (χ3n) is 19.6. The van der Waals surface area contributed by atoms with E-state index < -0.39 is 8.07 Å². The molecule has 0 spiro atoms. The van der Waals surface area contributed by atoms with E-state index in [0.717, 1.165) is 95.3 Å². The quantitative estimate of drug-likeness (QED) is 0.0792. The van der Waals surface area contributed by atoms with Gasteiger partial charge in [-0.25, -0.2) is 53.6 Å². The van der Waals surface area contributed by atoms with Gasteiger partial charge in [0.25, 0.3) is 0 Å². The SMILES string of the molecule is C.Cc1cccc(C)c1-c1cc(C#N)c[c-]c1-n1cncn1.Cc1cccc(C)c1-c1cc(F)c[c-]c1-n1cncn1.Cc1cccc(C)c1-c1cc([Si](C)(C)C)c[c-]c1-n1cncn1.Cc1cccc(C)c1-c1ccc[c-]c1-n1cnc(-c2ccccc2)n1.Cc1cccc(C)c1-c1ccc[c-]c1-n1ncnc1-c1ccccc1.[Ir].[Ir].[Ir].[Ir].[Ir]. The second-order valence-electron chi connectivity index (χ2n) is 28.7. The number of halogens is 1. The van der Waals surface area contributed by atoms with Crippen LogP contribution in [0.15, 0.2) is 275 Å². The number of para-hydroxylation sites is 2. The zero-order valence-electron chi connectivity index (χ0n) is 67.7. The molecule has 0 aliphatic rings. The van der Waals surface area contributed by atoms with Gasteiger partial charge in [-0.3, -0.25) is 4.39 Å². The van der Waals surface area contributed by atoms with Gasteiger partial charge in [0.15, 0.2) is 11.6 Å². The van der Waals surface area contributed by atoms with E-state index in [0.29, 0.717) is 17.1 Å². The maximum absolute atomic E-state index is 13.7. The third-order valence-corrected chi connectivity index (χ3v) is 21.6. The summed E-state index contributed by atoms with van der Waals surface area (Å²) in [6, 6.07) is 92.8. The molecule has 0 saturated heterocycles. The number of nitriles is 1. The first-order chi connectivity index (χ1) is 55.2. The average molecular weight is 2490 g/mol. The molecule has 5 radical (unpaired) electrons. The Morgan fingerprint density at radius 1 is 0.350 bits per heavy atom. The Hall–Kier alpha value is -10.8. The molecule has 0 atom stereocenters. The van der Waals surface area contributed by atoms with Gasteiger partial charge in [0.1, 0.15) is 50.6 Å². The molecule has 16 nitrogen and oxygen atoms in total. The molecule has 17 rings (SSSR count). The van der Waals surface area contributed by atoms with Crippen molar-refractivity contribution in [3.63, 3.8) is 0 Å². The van der Waals surface area contributed by atoms with Crippen LogP contribution in [0.4, 0.5) is 4.39 Å². The van der Waals surface area contributed by atoms with Gasteiger partial charge < -0.3 is 0 Å². The average Bonchev–Trinajstić information content (AvgIpc) is 1.29. The van der Waals surface area contributed by atoms with Crippen molar-refractivity contribution in [1.82, 2.24) is 73.8 Å². The molecule has 17 aromatic rings. The van der Waals surface area contributed by atoms with Crippen LogP contribution >= 0.6 is 0 Å². The van der Waals surface area contributed by atoms with E-state index in [1.807, 2.05) is 138 Å². The van der Waals surface area contributed by atoms with Gasteiger partial charge in [-0.05, 0) is 97.7 Å². The van der Waals surface area contributed by atoms with Crippen LogP contribution in [-0.4, -0.2) is 81.9 Å². The van der Waals surface area contributed by atoms with E-state index in [9.17, 15) is 4.39 Å². The van der Waals surface area contributed by atoms with Crippen molar-refractivity contribution in [2.75, 3.05) is 0 Å². The van der Waals surface area contributed by atoms with Crippen molar-refractivity contribution in [3.05, 3.63) is 372 Å². The van der Waals surface area contributed by atoms with E-state index in [1.54, 1.807) is 58.1 Å². The number of hydrogen-bond donors (Lipinski definition) is 0. The van der Waals surface area contributed by atoms with Crippen LogP contribution in [-0.2, 0) is 101 Å². The fraction of sp³-hybridized carbons (Fsp3) is 0.144. The molecule has 5 aromatic heterocycles. The molecule has 0 N–H and O–H groups in total. The zero-order valence-corrected chi connectivity index (χ0v) is 80.7. The minimum Gasteiger partial charge on any atom is -0.284 e. The Balaban J connectivity index is 0.000000205. The van der Waals surface area contributed by atoms with Crippen molar-refractivity contribution in [2.45, 2.75) is 96.3 Å². The molecule has 5 heterocycles. The van der Waals surface area contributed by atoms with Crippen molar-refractivity contribution in [2.24, 2.45) is 0 Å². The molecule has 0 aliphatic heterocycles. The molecule has 0 unspecified atom stereocenters. The predicted molar refractivity (Wildman–Crippen MR) is 461 cm³/mol. The Morgan fingerprint density at radius 3 is 1.12 bits per heavy atom. The normalized spacial score (nSPS) is 10.3. The minimum atomic E-state index is -1.42. The summed E-state index contributed by atoms with van der Waals surface area (Å²) in [6.45, 7) is 28.1. The van der Waals surface area contributed by atoms with E-state index >= 15 is 0 Å². The summed E-state index contributed by atoms with van der Waals surface area (Å²) in [5.41, 5.74) is 29.8. The number of nitrogens with zero attached hydrogens (tertiary/aromatic N) is 16. The fourth-order valence-electron chi connectivity index (χ4n) is 14.2. The van der Waals surface area contributed by atoms with E-state index in [2.05, 4.69) is 253 Å². The smallest absolute Gasteiger partial charge is 0.181 e. The first kappa shape index (κ1) is 96.4. The van der Waals surface area contributed by atoms with E-state index in [1.165, 1.54) is 85.6 Å². The zero-order chi connectivity index (χ0) is 80.0.